The highest BCUT2D eigenvalue weighted by Crippen LogP contribution is 2.37. The molecule has 1 aliphatic heterocycles. The topological polar surface area (TPSA) is 103 Å². The summed E-state index contributed by atoms with van der Waals surface area (Å²) < 4.78 is 24.5. The summed E-state index contributed by atoms with van der Waals surface area (Å²) in [6, 6.07) is 22.1. The predicted molar refractivity (Wildman–Crippen MR) is 203 cm³/mol. The smallest absolute Gasteiger partial charge is 0.251 e. The van der Waals surface area contributed by atoms with E-state index < -0.39 is 11.2 Å². The third kappa shape index (κ3) is 10.0. The van der Waals surface area contributed by atoms with E-state index in [1.54, 1.807) is 6.20 Å². The van der Waals surface area contributed by atoms with Crippen molar-refractivity contribution in [2.45, 2.75) is 75.9 Å². The van der Waals surface area contributed by atoms with Gasteiger partial charge in [0.05, 0.1) is 18.5 Å². The number of ether oxygens (including phenoxy) is 2. The molecule has 1 saturated carbocycles. The van der Waals surface area contributed by atoms with Gasteiger partial charge in [0.25, 0.3) is 5.91 Å². The van der Waals surface area contributed by atoms with Crippen molar-refractivity contribution < 1.29 is 18.8 Å². The van der Waals surface area contributed by atoms with Crippen LogP contribution in [-0.4, -0.2) is 53.3 Å². The van der Waals surface area contributed by atoms with Gasteiger partial charge in [0.15, 0.2) is 10.6 Å². The molecule has 2 aliphatic rings. The van der Waals surface area contributed by atoms with E-state index >= 15 is 0 Å². The molecule has 0 radical (unpaired) electrons. The highest BCUT2D eigenvalue weighted by Gasteiger charge is 2.27. The fourth-order valence-corrected chi connectivity index (χ4v) is 7.27. The Labute approximate surface area is 299 Å². The number of benzene rings is 3. The number of nitrogens with zero attached hydrogens (tertiary/aromatic N) is 2. The molecule has 1 unspecified atom stereocenters. The Morgan fingerprint density at radius 2 is 1.80 bits per heavy atom. The predicted octanol–water partition coefficient (Wildman–Crippen LogP) is 8.56. The monoisotopic (exact) mass is 694 g/mol. The van der Waals surface area contributed by atoms with E-state index in [-0.39, 0.29) is 5.91 Å². The molecule has 1 fully saturated rings. The number of H-pyrrole nitrogens is 1. The fourth-order valence-electron chi connectivity index (χ4n) is 6.24. The normalized spacial score (nSPS) is 16.1. The maximum atomic E-state index is 13.7. The highest BCUT2D eigenvalue weighted by molar-refractivity contribution is 7.90. The Kier molecular flexibility index (Phi) is 12.7. The van der Waals surface area contributed by atoms with Crippen LogP contribution in [0.3, 0.4) is 0 Å². The summed E-state index contributed by atoms with van der Waals surface area (Å²) in [6.07, 6.45) is 12.1. The molecule has 1 atom stereocenters. The van der Waals surface area contributed by atoms with E-state index in [1.807, 2.05) is 36.4 Å². The van der Waals surface area contributed by atoms with E-state index in [0.717, 1.165) is 97.2 Å². The van der Waals surface area contributed by atoms with Gasteiger partial charge in [0.2, 0.25) is 0 Å². The zero-order valence-electron chi connectivity index (χ0n) is 29.4. The lowest BCUT2D eigenvalue weighted by molar-refractivity contribution is -0.112. The Morgan fingerprint density at radius 1 is 1.00 bits per heavy atom. The summed E-state index contributed by atoms with van der Waals surface area (Å²) >= 11 is -1.22. The third-order valence-corrected chi connectivity index (χ3v) is 10.6. The summed E-state index contributed by atoms with van der Waals surface area (Å²) in [4.78, 5) is 24.6. The van der Waals surface area contributed by atoms with Crippen LogP contribution in [-0.2, 0) is 32.9 Å². The van der Waals surface area contributed by atoms with Gasteiger partial charge in [-0.2, -0.15) is 0 Å². The van der Waals surface area contributed by atoms with Crippen LogP contribution in [0.5, 0.6) is 5.75 Å². The Hall–Kier alpha value is -4.05. The summed E-state index contributed by atoms with van der Waals surface area (Å²) in [6.45, 7) is 8.13. The molecule has 9 heteroatoms. The fraction of sp³-hybridized carbons (Fsp3) is 0.415. The van der Waals surface area contributed by atoms with Crippen LogP contribution in [0.1, 0.15) is 75.9 Å². The number of hydrogen-bond donors (Lipinski definition) is 2. The Bertz CT molecular complexity index is 1720. The van der Waals surface area contributed by atoms with Crippen molar-refractivity contribution in [2.75, 3.05) is 43.1 Å². The lowest BCUT2D eigenvalue weighted by Gasteiger charge is -2.29. The average molecular weight is 695 g/mol. The zero-order valence-corrected chi connectivity index (χ0v) is 30.2. The van der Waals surface area contributed by atoms with Gasteiger partial charge in [-0.05, 0) is 127 Å². The van der Waals surface area contributed by atoms with Crippen LogP contribution in [0.15, 0.2) is 83.4 Å². The second-order valence-corrected chi connectivity index (χ2v) is 14.8. The molecule has 0 spiro atoms. The highest BCUT2D eigenvalue weighted by atomic mass is 32.2. The first-order valence-corrected chi connectivity index (χ1v) is 19.5. The molecule has 4 aromatic rings. The van der Waals surface area contributed by atoms with Crippen molar-refractivity contribution in [2.24, 2.45) is 5.92 Å². The maximum absolute atomic E-state index is 13.7. The molecule has 0 bridgehead atoms. The molecule has 2 heterocycles. The number of fused-ring (bicyclic) bond motifs is 1. The quantitative estimate of drug-likeness (QED) is 0.0848. The van der Waals surface area contributed by atoms with Crippen molar-refractivity contribution in [3.63, 3.8) is 0 Å². The number of nitrogens with one attached hydrogen (secondary N) is 2. The van der Waals surface area contributed by atoms with Crippen molar-refractivity contribution in [1.82, 2.24) is 9.97 Å². The molecular weight excluding hydrogens is 645 g/mol. The standard InChI is InChI=1S/C41H50N4O4S/c1-3-5-22-48-23-24-49-37-16-11-31(12-17-37)32-13-20-39-34(25-32)26-33(8-6-21-45(39)28-30-9-10-30)41(46)44-35-14-18-38(19-15-35)50(47)29-36-27-42-40(43-36)7-4-2/h11-20,25-27,30H,3-10,21-24,28-29H2,1-2H3,(H,42,43)(H,44,46)/b33-26+. The molecular formula is C41H50N4O4S. The van der Waals surface area contributed by atoms with E-state index in [2.05, 4.69) is 70.4 Å². The average Bonchev–Trinajstić information content (AvgIpc) is 3.84. The SMILES string of the molecule is CCCCOCCOc1ccc(-c2ccc3c(c2)/C=C(/C(=O)Nc2ccc([S+]([O-])Cc4cnc(CCC)[nH]4)cc2)CCCN3CC2CC2)cc1. The van der Waals surface area contributed by atoms with Crippen molar-refractivity contribution >= 4 is 34.5 Å². The number of rotatable bonds is 17. The maximum Gasteiger partial charge on any atom is 0.251 e. The first-order chi connectivity index (χ1) is 24.5. The minimum Gasteiger partial charge on any atom is -0.611 e. The molecule has 3 aromatic carbocycles. The second kappa shape index (κ2) is 17.7. The van der Waals surface area contributed by atoms with Crippen LogP contribution in [0, 0.1) is 5.92 Å². The summed E-state index contributed by atoms with van der Waals surface area (Å²) in [5.41, 5.74) is 6.74. The zero-order chi connectivity index (χ0) is 34.7. The number of anilines is 2. The summed E-state index contributed by atoms with van der Waals surface area (Å²) in [5.74, 6) is 2.78. The number of aryl methyl sites for hydroxylation is 1. The first-order valence-electron chi connectivity index (χ1n) is 18.2. The van der Waals surface area contributed by atoms with Gasteiger partial charge < -0.3 is 29.2 Å². The molecule has 1 aliphatic carbocycles. The largest absolute Gasteiger partial charge is 0.611 e. The van der Waals surface area contributed by atoms with Gasteiger partial charge in [-0.1, -0.05) is 38.5 Å². The van der Waals surface area contributed by atoms with Crippen LogP contribution >= 0.6 is 0 Å². The van der Waals surface area contributed by atoms with Crippen LogP contribution in [0.25, 0.3) is 17.2 Å². The number of carbonyl (C=O) groups excluding carboxylic acids is 1. The van der Waals surface area contributed by atoms with Crippen LogP contribution in [0.2, 0.25) is 0 Å². The lowest BCUT2D eigenvalue weighted by atomic mass is 9.96. The van der Waals surface area contributed by atoms with Gasteiger partial charge in [-0.25, -0.2) is 4.98 Å². The molecule has 50 heavy (non-hydrogen) atoms. The molecule has 8 nitrogen and oxygen atoms in total. The molecule has 1 amide bonds. The van der Waals surface area contributed by atoms with Gasteiger partial charge >= 0.3 is 0 Å². The van der Waals surface area contributed by atoms with E-state index in [4.69, 9.17) is 9.47 Å². The number of aromatic nitrogens is 2. The number of carbonyl (C=O) groups is 1. The Balaban J connectivity index is 1.14. The van der Waals surface area contributed by atoms with Crippen molar-refractivity contribution in [3.8, 4) is 16.9 Å². The van der Waals surface area contributed by atoms with Crippen LogP contribution < -0.4 is 15.0 Å². The third-order valence-electron chi connectivity index (χ3n) is 9.20. The van der Waals surface area contributed by atoms with Crippen LogP contribution in [0.4, 0.5) is 11.4 Å². The summed E-state index contributed by atoms with van der Waals surface area (Å²) in [7, 11) is 0. The number of hydrogen-bond acceptors (Lipinski definition) is 6. The number of unbranched alkanes of at least 4 members (excludes halogenated alkanes) is 1. The molecule has 1 aromatic heterocycles. The van der Waals surface area contributed by atoms with Gasteiger partial charge in [0, 0.05) is 43.1 Å². The van der Waals surface area contributed by atoms with Gasteiger partial charge in [-0.3, -0.25) is 4.79 Å². The lowest BCUT2D eigenvalue weighted by Crippen LogP contribution is -2.29. The molecule has 2 N–H and O–H groups in total. The molecule has 264 valence electrons. The van der Waals surface area contributed by atoms with Gasteiger partial charge in [-0.15, -0.1) is 0 Å². The van der Waals surface area contributed by atoms with Gasteiger partial charge in [0.1, 0.15) is 18.2 Å². The van der Waals surface area contributed by atoms with Crippen molar-refractivity contribution in [1.29, 1.82) is 0 Å². The Morgan fingerprint density at radius 3 is 2.56 bits per heavy atom. The number of imidazole rings is 1. The van der Waals surface area contributed by atoms with E-state index in [1.165, 1.54) is 18.5 Å². The van der Waals surface area contributed by atoms with E-state index in [9.17, 15) is 9.35 Å². The number of amides is 1. The molecule has 0 saturated heterocycles. The first kappa shape index (κ1) is 35.8. The molecule has 6 rings (SSSR count). The summed E-state index contributed by atoms with van der Waals surface area (Å²) in [5, 5.41) is 3.10. The van der Waals surface area contributed by atoms with Crippen molar-refractivity contribution in [3.05, 3.63) is 95.6 Å². The second-order valence-electron chi connectivity index (χ2n) is 13.3. The minimum absolute atomic E-state index is 0.105. The van der Waals surface area contributed by atoms with E-state index in [0.29, 0.717) is 36.0 Å². The number of aromatic amines is 1. The minimum atomic E-state index is -1.22.